The van der Waals surface area contributed by atoms with Crippen molar-refractivity contribution in [3.05, 3.63) is 58.1 Å². The summed E-state index contributed by atoms with van der Waals surface area (Å²) in [7, 11) is -2.76. The molecular weight excluding hydrogens is 584 g/mol. The van der Waals surface area contributed by atoms with E-state index in [0.29, 0.717) is 12.1 Å². The fourth-order valence-corrected chi connectivity index (χ4v) is 9.50. The number of amides is 2. The van der Waals surface area contributed by atoms with E-state index < -0.39 is 32.2 Å². The zero-order valence-electron chi connectivity index (χ0n) is 22.4. The van der Waals surface area contributed by atoms with Gasteiger partial charge in [-0.3, -0.25) is 19.3 Å². The van der Waals surface area contributed by atoms with Gasteiger partial charge in [-0.2, -0.15) is 0 Å². The van der Waals surface area contributed by atoms with Crippen LogP contribution in [0.15, 0.2) is 46.9 Å². The third kappa shape index (κ3) is 4.63. The van der Waals surface area contributed by atoms with Crippen LogP contribution in [-0.2, 0) is 36.0 Å². The van der Waals surface area contributed by atoms with E-state index in [1.165, 1.54) is 11.8 Å². The summed E-state index contributed by atoms with van der Waals surface area (Å²) in [5.41, 5.74) is 1.46. The van der Waals surface area contributed by atoms with Crippen LogP contribution in [0.3, 0.4) is 0 Å². The molecule has 0 saturated carbocycles. The van der Waals surface area contributed by atoms with Gasteiger partial charge in [-0.15, -0.1) is 0 Å². The number of esters is 1. The first-order valence-electron chi connectivity index (χ1n) is 13.1. The number of aliphatic hydroxyl groups excluding tert-OH is 1. The summed E-state index contributed by atoms with van der Waals surface area (Å²) in [5.74, 6) is -1.06. The van der Waals surface area contributed by atoms with Gasteiger partial charge in [-0.05, 0) is 55.4 Å². The number of hydrogen-bond acceptors (Lipinski definition) is 7. The Morgan fingerprint density at radius 1 is 1.21 bits per heavy atom. The van der Waals surface area contributed by atoms with E-state index in [9.17, 15) is 24.3 Å². The number of nitrogens with zero attached hydrogens (tertiary/aromatic N) is 2. The number of anilines is 2. The molecule has 39 heavy (non-hydrogen) atoms. The van der Waals surface area contributed by atoms with Crippen molar-refractivity contribution >= 4 is 53.4 Å². The molecule has 2 aromatic rings. The summed E-state index contributed by atoms with van der Waals surface area (Å²) in [6.07, 6.45) is -0.547. The van der Waals surface area contributed by atoms with Gasteiger partial charge in [0.25, 0.3) is 5.91 Å². The van der Waals surface area contributed by atoms with Gasteiger partial charge in [0.2, 0.25) is 5.91 Å². The highest BCUT2D eigenvalue weighted by Crippen LogP contribution is 2.60. The van der Waals surface area contributed by atoms with Gasteiger partial charge in [0.1, 0.15) is 0 Å². The number of benzene rings is 2. The van der Waals surface area contributed by atoms with Crippen molar-refractivity contribution in [3.8, 4) is 0 Å². The molecular formula is C28H33BrN2O7Si. The maximum absolute atomic E-state index is 14.3. The van der Waals surface area contributed by atoms with Crippen LogP contribution in [0.1, 0.15) is 37.8 Å². The lowest BCUT2D eigenvalue weighted by Crippen LogP contribution is -2.54. The highest BCUT2D eigenvalue weighted by Gasteiger charge is 2.66. The molecule has 3 heterocycles. The zero-order chi connectivity index (χ0) is 28.3. The molecule has 1 spiro atoms. The summed E-state index contributed by atoms with van der Waals surface area (Å²) in [6, 6.07) is 13.0. The van der Waals surface area contributed by atoms with E-state index in [4.69, 9.17) is 9.47 Å². The van der Waals surface area contributed by atoms with Crippen LogP contribution in [0, 0.1) is 5.92 Å². The number of β-lactam (4-membered cyclic amide) rings is 1. The molecule has 3 aliphatic heterocycles. The van der Waals surface area contributed by atoms with Crippen LogP contribution in [-0.4, -0.2) is 54.9 Å². The van der Waals surface area contributed by atoms with Crippen molar-refractivity contribution in [2.75, 3.05) is 16.4 Å². The van der Waals surface area contributed by atoms with E-state index in [2.05, 4.69) is 15.9 Å². The summed E-state index contributed by atoms with van der Waals surface area (Å²) in [5, 5.41) is 9.74. The quantitative estimate of drug-likeness (QED) is 0.276. The van der Waals surface area contributed by atoms with Crippen LogP contribution >= 0.6 is 15.9 Å². The van der Waals surface area contributed by atoms with E-state index in [1.54, 1.807) is 17.0 Å². The van der Waals surface area contributed by atoms with Gasteiger partial charge in [0.05, 0.1) is 24.8 Å². The average molecular weight is 618 g/mol. The number of fused-ring (bicyclic) bond motifs is 2. The fourth-order valence-electron chi connectivity index (χ4n) is 6.53. The smallest absolute Gasteiger partial charge is 0.304 e. The standard InChI is InChI=1S/C28H33BrN2O7Si/c1-16-26(39(3,4)36)23(11-12-32)38-28(16)21-13-19(29)7-10-22(21)30(27(28)35)15-18-5-8-20(9-6-18)31-24(34)14-25(31)37-17(2)33/h5-10,13,16,23,25-26,32,36H,11-12,14-15H2,1-4H3/t16-,23+,25?,26-,28+/m1/s1. The van der Waals surface area contributed by atoms with Crippen molar-refractivity contribution in [1.82, 2.24) is 0 Å². The largest absolute Gasteiger partial charge is 0.441 e. The fraction of sp³-hybridized carbons (Fsp3) is 0.464. The van der Waals surface area contributed by atoms with Gasteiger partial charge in [-0.1, -0.05) is 35.0 Å². The van der Waals surface area contributed by atoms with Crippen LogP contribution in [0.2, 0.25) is 18.6 Å². The Balaban J connectivity index is 1.46. The SMILES string of the molecule is CC(=O)OC1CC(=O)N1c1ccc(CN2C(=O)[C@@]3(O[C@@H](CCO)[C@H]([Si](C)(C)O)[C@H]3C)c3cc(Br)ccc32)cc1. The van der Waals surface area contributed by atoms with Crippen LogP contribution < -0.4 is 9.80 Å². The molecule has 2 N–H and O–H groups in total. The van der Waals surface area contributed by atoms with Gasteiger partial charge >= 0.3 is 5.97 Å². The monoisotopic (exact) mass is 616 g/mol. The van der Waals surface area contributed by atoms with Gasteiger partial charge in [0.15, 0.2) is 20.1 Å². The van der Waals surface area contributed by atoms with Crippen LogP contribution in [0.25, 0.3) is 0 Å². The Bertz CT molecular complexity index is 1310. The Hall–Kier alpha value is -2.57. The third-order valence-corrected chi connectivity index (χ3v) is 11.1. The van der Waals surface area contributed by atoms with Crippen molar-refractivity contribution in [3.63, 3.8) is 0 Å². The summed E-state index contributed by atoms with van der Waals surface area (Å²) < 4.78 is 12.6. The molecule has 2 aromatic carbocycles. The highest BCUT2D eigenvalue weighted by atomic mass is 79.9. The molecule has 0 aliphatic carbocycles. The third-order valence-electron chi connectivity index (χ3n) is 8.12. The number of hydrogen-bond donors (Lipinski definition) is 2. The summed E-state index contributed by atoms with van der Waals surface area (Å²) >= 11 is 3.55. The Labute approximate surface area is 237 Å². The minimum atomic E-state index is -2.76. The van der Waals surface area contributed by atoms with E-state index in [1.807, 2.05) is 50.3 Å². The van der Waals surface area contributed by atoms with Crippen LogP contribution in [0.4, 0.5) is 11.4 Å². The molecule has 3 aliphatic rings. The molecule has 9 nitrogen and oxygen atoms in total. The Morgan fingerprint density at radius 2 is 1.90 bits per heavy atom. The zero-order valence-corrected chi connectivity index (χ0v) is 25.0. The molecule has 208 valence electrons. The number of carbonyl (C=O) groups is 3. The van der Waals surface area contributed by atoms with Crippen molar-refractivity contribution < 1.29 is 33.8 Å². The molecule has 0 bridgehead atoms. The lowest BCUT2D eigenvalue weighted by atomic mass is 9.82. The minimum Gasteiger partial charge on any atom is -0.441 e. The molecule has 5 atom stereocenters. The van der Waals surface area contributed by atoms with E-state index in [-0.39, 0.29) is 42.8 Å². The van der Waals surface area contributed by atoms with Crippen molar-refractivity contribution in [1.29, 1.82) is 0 Å². The van der Waals surface area contributed by atoms with Gasteiger partial charge in [-0.25, -0.2) is 0 Å². The average Bonchev–Trinajstić information content (AvgIpc) is 3.26. The molecule has 11 heteroatoms. The van der Waals surface area contributed by atoms with E-state index in [0.717, 1.165) is 21.3 Å². The molecule has 2 amide bonds. The van der Waals surface area contributed by atoms with Gasteiger partial charge in [0, 0.05) is 40.7 Å². The maximum Gasteiger partial charge on any atom is 0.304 e. The first-order chi connectivity index (χ1) is 18.4. The van der Waals surface area contributed by atoms with E-state index >= 15 is 0 Å². The number of halogens is 1. The molecule has 0 radical (unpaired) electrons. The van der Waals surface area contributed by atoms with Crippen molar-refractivity contribution in [2.24, 2.45) is 5.92 Å². The second-order valence-corrected chi connectivity index (χ2v) is 16.0. The lowest BCUT2D eigenvalue weighted by molar-refractivity contribution is -0.154. The lowest BCUT2D eigenvalue weighted by Gasteiger charge is -2.39. The second kappa shape index (κ2) is 10.1. The first-order valence-corrected chi connectivity index (χ1v) is 16.9. The number of rotatable bonds is 7. The Morgan fingerprint density at radius 3 is 2.49 bits per heavy atom. The first kappa shape index (κ1) is 28.0. The second-order valence-electron chi connectivity index (χ2n) is 11.1. The highest BCUT2D eigenvalue weighted by molar-refractivity contribution is 9.10. The summed E-state index contributed by atoms with van der Waals surface area (Å²) in [4.78, 5) is 52.2. The predicted octanol–water partition coefficient (Wildman–Crippen LogP) is 3.80. The van der Waals surface area contributed by atoms with Crippen molar-refractivity contribution in [2.45, 2.75) is 69.8 Å². The molecule has 2 fully saturated rings. The van der Waals surface area contributed by atoms with Gasteiger partial charge < -0.3 is 24.3 Å². The molecule has 5 rings (SSSR count). The Kier molecular flexibility index (Phi) is 7.26. The normalized spacial score (nSPS) is 28.2. The van der Waals surface area contributed by atoms with Crippen LogP contribution in [0.5, 0.6) is 0 Å². The topological polar surface area (TPSA) is 117 Å². The number of aliphatic hydroxyl groups is 1. The summed E-state index contributed by atoms with van der Waals surface area (Å²) in [6.45, 7) is 7.18. The molecule has 1 unspecified atom stereocenters. The molecule has 2 saturated heterocycles. The minimum absolute atomic E-state index is 0.0954. The molecule has 0 aromatic heterocycles. The number of carbonyl (C=O) groups excluding carboxylic acids is 3. The maximum atomic E-state index is 14.3. The number of ether oxygens (including phenoxy) is 2. The predicted molar refractivity (Wildman–Crippen MR) is 150 cm³/mol.